The van der Waals surface area contributed by atoms with Crippen LogP contribution >= 0.6 is 0 Å². The van der Waals surface area contributed by atoms with Crippen LogP contribution in [0.2, 0.25) is 0 Å². The van der Waals surface area contributed by atoms with E-state index in [1.54, 1.807) is 0 Å². The second-order valence-corrected chi connectivity index (χ2v) is 4.66. The fourth-order valence-electron chi connectivity index (χ4n) is 1.49. The standard InChI is InChI=1S/C12H16N2O4/c1-4-12(2,3)7-5-6(10(15)16)8(11(17)18)9(13)14-7/h5H,4H2,1-3H3,(H2,13,14)(H,15,16)(H,17,18). The molecule has 1 aromatic rings. The summed E-state index contributed by atoms with van der Waals surface area (Å²) in [6.45, 7) is 5.71. The third-order valence-electron chi connectivity index (χ3n) is 3.07. The van der Waals surface area contributed by atoms with Crippen LogP contribution in [0.4, 0.5) is 5.82 Å². The highest BCUT2D eigenvalue weighted by atomic mass is 16.4. The molecule has 98 valence electrons. The van der Waals surface area contributed by atoms with Gasteiger partial charge in [-0.25, -0.2) is 14.6 Å². The van der Waals surface area contributed by atoms with Gasteiger partial charge in [0.25, 0.3) is 0 Å². The highest BCUT2D eigenvalue weighted by molar-refractivity contribution is 6.04. The highest BCUT2D eigenvalue weighted by Crippen LogP contribution is 2.28. The molecule has 0 aliphatic carbocycles. The molecular weight excluding hydrogens is 236 g/mol. The van der Waals surface area contributed by atoms with Gasteiger partial charge in [0, 0.05) is 11.1 Å². The summed E-state index contributed by atoms with van der Waals surface area (Å²) in [5, 5.41) is 18.0. The molecule has 0 spiro atoms. The molecule has 6 heteroatoms. The number of hydrogen-bond acceptors (Lipinski definition) is 4. The molecule has 0 bridgehead atoms. The minimum atomic E-state index is -1.39. The predicted molar refractivity (Wildman–Crippen MR) is 65.9 cm³/mol. The van der Waals surface area contributed by atoms with E-state index in [-0.39, 0.29) is 16.8 Å². The molecule has 0 radical (unpaired) electrons. The van der Waals surface area contributed by atoms with Crippen molar-refractivity contribution in [2.75, 3.05) is 5.73 Å². The van der Waals surface area contributed by atoms with E-state index < -0.39 is 17.5 Å². The average molecular weight is 252 g/mol. The van der Waals surface area contributed by atoms with Crippen molar-refractivity contribution in [3.63, 3.8) is 0 Å². The van der Waals surface area contributed by atoms with E-state index in [9.17, 15) is 9.59 Å². The lowest BCUT2D eigenvalue weighted by Gasteiger charge is -2.23. The van der Waals surface area contributed by atoms with E-state index in [4.69, 9.17) is 15.9 Å². The maximum Gasteiger partial charge on any atom is 0.340 e. The van der Waals surface area contributed by atoms with Crippen molar-refractivity contribution >= 4 is 17.8 Å². The van der Waals surface area contributed by atoms with Crippen LogP contribution in [0.25, 0.3) is 0 Å². The third kappa shape index (κ3) is 2.42. The number of pyridine rings is 1. The Morgan fingerprint density at radius 2 is 1.89 bits per heavy atom. The van der Waals surface area contributed by atoms with Crippen LogP contribution in [0.15, 0.2) is 6.07 Å². The number of carbonyl (C=O) groups is 2. The van der Waals surface area contributed by atoms with Crippen molar-refractivity contribution in [1.29, 1.82) is 0 Å². The Morgan fingerprint density at radius 1 is 1.33 bits per heavy atom. The van der Waals surface area contributed by atoms with Crippen molar-refractivity contribution in [1.82, 2.24) is 4.98 Å². The number of rotatable bonds is 4. The van der Waals surface area contributed by atoms with Gasteiger partial charge in [0.05, 0.1) is 5.56 Å². The molecule has 1 aromatic heterocycles. The first-order valence-corrected chi connectivity index (χ1v) is 5.48. The molecule has 1 rings (SSSR count). The van der Waals surface area contributed by atoms with E-state index in [0.717, 1.165) is 6.42 Å². The third-order valence-corrected chi connectivity index (χ3v) is 3.07. The highest BCUT2D eigenvalue weighted by Gasteiger charge is 2.27. The van der Waals surface area contributed by atoms with E-state index in [1.807, 2.05) is 20.8 Å². The Hall–Kier alpha value is -2.11. The normalized spacial score (nSPS) is 11.3. The zero-order valence-electron chi connectivity index (χ0n) is 10.5. The number of anilines is 1. The summed E-state index contributed by atoms with van der Waals surface area (Å²) in [6.07, 6.45) is 0.727. The Morgan fingerprint density at radius 3 is 2.28 bits per heavy atom. The predicted octanol–water partition coefficient (Wildman–Crippen LogP) is 1.75. The molecule has 0 unspecified atom stereocenters. The molecular formula is C12H16N2O4. The van der Waals surface area contributed by atoms with Crippen molar-refractivity contribution in [2.45, 2.75) is 32.6 Å². The molecule has 0 aliphatic heterocycles. The van der Waals surface area contributed by atoms with Crippen LogP contribution in [0.1, 0.15) is 53.6 Å². The topological polar surface area (TPSA) is 114 Å². The fourth-order valence-corrected chi connectivity index (χ4v) is 1.49. The summed E-state index contributed by atoms with van der Waals surface area (Å²) in [7, 11) is 0. The molecule has 6 nitrogen and oxygen atoms in total. The van der Waals surface area contributed by atoms with Gasteiger partial charge in [0.2, 0.25) is 0 Å². The second-order valence-electron chi connectivity index (χ2n) is 4.66. The van der Waals surface area contributed by atoms with Crippen LogP contribution < -0.4 is 5.73 Å². The number of carboxylic acid groups (broad SMARTS) is 2. The minimum absolute atomic E-state index is 0.265. The van der Waals surface area contributed by atoms with Gasteiger partial charge in [-0.15, -0.1) is 0 Å². The lowest BCUT2D eigenvalue weighted by molar-refractivity contribution is 0.0651. The van der Waals surface area contributed by atoms with Crippen molar-refractivity contribution in [3.8, 4) is 0 Å². The van der Waals surface area contributed by atoms with Crippen molar-refractivity contribution in [3.05, 3.63) is 22.9 Å². The summed E-state index contributed by atoms with van der Waals surface area (Å²) >= 11 is 0. The molecule has 18 heavy (non-hydrogen) atoms. The Labute approximate surface area is 104 Å². The zero-order valence-corrected chi connectivity index (χ0v) is 10.5. The monoisotopic (exact) mass is 252 g/mol. The molecule has 0 aromatic carbocycles. The van der Waals surface area contributed by atoms with Crippen LogP contribution in [-0.4, -0.2) is 27.1 Å². The van der Waals surface area contributed by atoms with Crippen molar-refractivity contribution in [2.24, 2.45) is 0 Å². The largest absolute Gasteiger partial charge is 0.478 e. The van der Waals surface area contributed by atoms with E-state index in [1.165, 1.54) is 6.07 Å². The van der Waals surface area contributed by atoms with Gasteiger partial charge in [-0.3, -0.25) is 0 Å². The lowest BCUT2D eigenvalue weighted by atomic mass is 9.85. The second kappa shape index (κ2) is 4.64. The molecule has 0 amide bonds. The van der Waals surface area contributed by atoms with Crippen LogP contribution in [-0.2, 0) is 5.41 Å². The first-order valence-electron chi connectivity index (χ1n) is 5.48. The minimum Gasteiger partial charge on any atom is -0.478 e. The Bertz CT molecular complexity index is 509. The molecule has 0 saturated carbocycles. The summed E-state index contributed by atoms with van der Waals surface area (Å²) in [5.41, 5.74) is 4.88. The van der Waals surface area contributed by atoms with E-state index in [2.05, 4.69) is 4.98 Å². The maximum atomic E-state index is 11.1. The number of hydrogen-bond donors (Lipinski definition) is 3. The maximum absolute atomic E-state index is 11.1. The van der Waals surface area contributed by atoms with Crippen molar-refractivity contribution < 1.29 is 19.8 Å². The van der Waals surface area contributed by atoms with Gasteiger partial charge < -0.3 is 15.9 Å². The van der Waals surface area contributed by atoms with Crippen LogP contribution in [0, 0.1) is 0 Å². The average Bonchev–Trinajstić information content (AvgIpc) is 2.27. The number of aromatic carboxylic acids is 2. The first-order chi connectivity index (χ1) is 8.20. The summed E-state index contributed by atoms with van der Waals surface area (Å²) in [4.78, 5) is 26.1. The molecule has 0 fully saturated rings. The SMILES string of the molecule is CCC(C)(C)c1cc(C(=O)O)c(C(=O)O)c(N)n1. The fraction of sp³-hybridized carbons (Fsp3) is 0.417. The van der Waals surface area contributed by atoms with Crippen LogP contribution in [0.5, 0.6) is 0 Å². The summed E-state index contributed by atoms with van der Waals surface area (Å²) in [5.74, 6) is -2.98. The number of nitrogens with zero attached hydrogens (tertiary/aromatic N) is 1. The first kappa shape index (κ1) is 14.0. The van der Waals surface area contributed by atoms with Gasteiger partial charge in [0.1, 0.15) is 11.4 Å². The number of nitrogens with two attached hydrogens (primary N) is 1. The molecule has 4 N–H and O–H groups in total. The Balaban J connectivity index is 3.56. The van der Waals surface area contributed by atoms with E-state index in [0.29, 0.717) is 5.69 Å². The number of aromatic nitrogens is 1. The van der Waals surface area contributed by atoms with Crippen LogP contribution in [0.3, 0.4) is 0 Å². The molecule has 0 aliphatic rings. The number of carboxylic acids is 2. The van der Waals surface area contributed by atoms with Gasteiger partial charge in [-0.05, 0) is 12.5 Å². The van der Waals surface area contributed by atoms with E-state index >= 15 is 0 Å². The smallest absolute Gasteiger partial charge is 0.340 e. The quantitative estimate of drug-likeness (QED) is 0.752. The molecule has 0 atom stereocenters. The number of nitrogen functional groups attached to an aromatic ring is 1. The van der Waals surface area contributed by atoms with Gasteiger partial charge in [0.15, 0.2) is 0 Å². The zero-order chi connectivity index (χ0) is 14.1. The summed E-state index contributed by atoms with van der Waals surface area (Å²) < 4.78 is 0. The molecule has 0 saturated heterocycles. The Kier molecular flexibility index (Phi) is 3.59. The molecule has 1 heterocycles. The van der Waals surface area contributed by atoms with Gasteiger partial charge in [-0.2, -0.15) is 0 Å². The van der Waals surface area contributed by atoms with Gasteiger partial charge >= 0.3 is 11.9 Å². The van der Waals surface area contributed by atoms with Gasteiger partial charge in [-0.1, -0.05) is 20.8 Å². The summed E-state index contributed by atoms with van der Waals surface area (Å²) in [6, 6.07) is 1.28. The lowest BCUT2D eigenvalue weighted by Crippen LogP contribution is -2.22.